The number of urea groups is 1. The number of nitrogens with zero attached hydrogens (tertiary/aromatic N) is 1. The number of nitrogens with one attached hydrogen (secondary N) is 2. The van der Waals surface area contributed by atoms with E-state index in [1.165, 1.54) is 12.8 Å². The van der Waals surface area contributed by atoms with Gasteiger partial charge in [0.05, 0.1) is 5.92 Å². The maximum Gasteiger partial charge on any atom is 0.315 e. The number of hydrogen-bond donors (Lipinski definition) is 3. The van der Waals surface area contributed by atoms with Crippen LogP contribution in [0.1, 0.15) is 65.2 Å². The van der Waals surface area contributed by atoms with Crippen molar-refractivity contribution in [3.8, 4) is 0 Å². The van der Waals surface area contributed by atoms with Gasteiger partial charge in [0.2, 0.25) is 0 Å². The first-order valence-electron chi connectivity index (χ1n) is 10.1. The second kappa shape index (κ2) is 10.00. The van der Waals surface area contributed by atoms with Gasteiger partial charge in [-0.25, -0.2) is 4.79 Å². The number of likely N-dealkylation sites (tertiary alicyclic amines) is 1. The Kier molecular flexibility index (Phi) is 8.00. The van der Waals surface area contributed by atoms with Gasteiger partial charge >= 0.3 is 12.0 Å². The Morgan fingerprint density at radius 1 is 1.08 bits per heavy atom. The Balaban J connectivity index is 1.77. The lowest BCUT2D eigenvalue weighted by Crippen LogP contribution is -2.51. The molecule has 1 unspecified atom stereocenters. The van der Waals surface area contributed by atoms with Crippen LogP contribution in [0.15, 0.2) is 0 Å². The predicted molar refractivity (Wildman–Crippen MR) is 98.6 cm³/mol. The van der Waals surface area contributed by atoms with Crippen molar-refractivity contribution in [2.24, 2.45) is 11.8 Å². The molecule has 0 spiro atoms. The van der Waals surface area contributed by atoms with E-state index < -0.39 is 5.97 Å². The number of rotatable bonds is 8. The smallest absolute Gasteiger partial charge is 0.315 e. The standard InChI is InChI=1S/C19H35N3O3/c1-3-14(4-2)17(22-11-5-6-12-22)13-20-19(25)21-16-9-7-15(8-10-16)18(23)24/h14-17H,3-13H2,1-2H3,(H,23,24)(H2,20,21,25). The normalized spacial score (nSPS) is 25.7. The highest BCUT2D eigenvalue weighted by Gasteiger charge is 2.29. The van der Waals surface area contributed by atoms with E-state index in [1.807, 2.05) is 0 Å². The Morgan fingerprint density at radius 2 is 1.68 bits per heavy atom. The first kappa shape index (κ1) is 20.0. The van der Waals surface area contributed by atoms with Crippen molar-refractivity contribution < 1.29 is 14.7 Å². The van der Waals surface area contributed by atoms with Crippen LogP contribution in [-0.2, 0) is 4.79 Å². The molecule has 1 atom stereocenters. The summed E-state index contributed by atoms with van der Waals surface area (Å²) in [4.78, 5) is 25.8. The highest BCUT2D eigenvalue weighted by molar-refractivity contribution is 5.74. The van der Waals surface area contributed by atoms with E-state index in [-0.39, 0.29) is 18.0 Å². The molecule has 2 amide bonds. The lowest BCUT2D eigenvalue weighted by atomic mass is 9.86. The summed E-state index contributed by atoms with van der Waals surface area (Å²) in [5.41, 5.74) is 0. The van der Waals surface area contributed by atoms with Crippen molar-refractivity contribution in [3.05, 3.63) is 0 Å². The molecule has 1 heterocycles. The quantitative estimate of drug-likeness (QED) is 0.627. The van der Waals surface area contributed by atoms with Crippen LogP contribution in [0.5, 0.6) is 0 Å². The van der Waals surface area contributed by atoms with E-state index in [0.29, 0.717) is 31.3 Å². The number of carbonyl (C=O) groups excluding carboxylic acids is 1. The maximum atomic E-state index is 12.3. The van der Waals surface area contributed by atoms with Gasteiger partial charge in [-0.15, -0.1) is 0 Å². The number of amides is 2. The summed E-state index contributed by atoms with van der Waals surface area (Å²) in [7, 11) is 0. The number of carboxylic acid groups (broad SMARTS) is 1. The summed E-state index contributed by atoms with van der Waals surface area (Å²) in [6.45, 7) is 7.45. The van der Waals surface area contributed by atoms with Crippen LogP contribution in [0.3, 0.4) is 0 Å². The zero-order chi connectivity index (χ0) is 18.2. The molecule has 0 bridgehead atoms. The Morgan fingerprint density at radius 3 is 2.20 bits per heavy atom. The first-order chi connectivity index (χ1) is 12.0. The topological polar surface area (TPSA) is 81.7 Å². The van der Waals surface area contributed by atoms with E-state index in [9.17, 15) is 9.59 Å². The molecule has 0 aromatic carbocycles. The largest absolute Gasteiger partial charge is 0.481 e. The molecule has 2 rings (SSSR count). The zero-order valence-corrected chi connectivity index (χ0v) is 15.8. The molecule has 0 aromatic heterocycles. The van der Waals surface area contributed by atoms with Crippen molar-refractivity contribution in [3.63, 3.8) is 0 Å². The van der Waals surface area contributed by atoms with Gasteiger partial charge < -0.3 is 15.7 Å². The van der Waals surface area contributed by atoms with Gasteiger partial charge in [0, 0.05) is 18.6 Å². The number of hydrogen-bond acceptors (Lipinski definition) is 3. The van der Waals surface area contributed by atoms with Crippen LogP contribution < -0.4 is 10.6 Å². The fourth-order valence-electron chi connectivity index (χ4n) is 4.42. The van der Waals surface area contributed by atoms with Gasteiger partial charge in [-0.3, -0.25) is 9.69 Å². The Labute approximate surface area is 151 Å². The third kappa shape index (κ3) is 5.87. The van der Waals surface area contributed by atoms with E-state index in [0.717, 1.165) is 38.8 Å². The average Bonchev–Trinajstić information content (AvgIpc) is 3.13. The maximum absolute atomic E-state index is 12.3. The molecule has 1 aliphatic carbocycles. The molecular formula is C19H35N3O3. The third-order valence-corrected chi connectivity index (χ3v) is 6.09. The molecule has 3 N–H and O–H groups in total. The van der Waals surface area contributed by atoms with Gasteiger partial charge in [-0.2, -0.15) is 0 Å². The van der Waals surface area contributed by atoms with Gasteiger partial charge in [0.15, 0.2) is 0 Å². The molecule has 0 aromatic rings. The fraction of sp³-hybridized carbons (Fsp3) is 0.895. The molecule has 1 saturated carbocycles. The van der Waals surface area contributed by atoms with Gasteiger partial charge in [0.25, 0.3) is 0 Å². The predicted octanol–water partition coefficient (Wildman–Crippen LogP) is 2.83. The number of carbonyl (C=O) groups is 2. The van der Waals surface area contributed by atoms with E-state index in [2.05, 4.69) is 29.4 Å². The summed E-state index contributed by atoms with van der Waals surface area (Å²) < 4.78 is 0. The summed E-state index contributed by atoms with van der Waals surface area (Å²) in [5.74, 6) is -0.332. The monoisotopic (exact) mass is 353 g/mol. The summed E-state index contributed by atoms with van der Waals surface area (Å²) in [6, 6.07) is 0.425. The zero-order valence-electron chi connectivity index (χ0n) is 15.8. The van der Waals surface area contributed by atoms with Crippen molar-refractivity contribution in [1.82, 2.24) is 15.5 Å². The molecule has 6 heteroatoms. The fourth-order valence-corrected chi connectivity index (χ4v) is 4.42. The highest BCUT2D eigenvalue weighted by atomic mass is 16.4. The lowest BCUT2D eigenvalue weighted by Gasteiger charge is -2.34. The van der Waals surface area contributed by atoms with E-state index in [4.69, 9.17) is 5.11 Å². The van der Waals surface area contributed by atoms with Crippen LogP contribution in [-0.4, -0.2) is 53.7 Å². The molecule has 6 nitrogen and oxygen atoms in total. The summed E-state index contributed by atoms with van der Waals surface area (Å²) in [6.07, 6.45) is 7.62. The van der Waals surface area contributed by atoms with Crippen LogP contribution >= 0.6 is 0 Å². The lowest BCUT2D eigenvalue weighted by molar-refractivity contribution is -0.142. The molecule has 0 radical (unpaired) electrons. The van der Waals surface area contributed by atoms with Gasteiger partial charge in [-0.05, 0) is 57.5 Å². The van der Waals surface area contributed by atoms with Crippen LogP contribution in [0.25, 0.3) is 0 Å². The second-order valence-corrected chi connectivity index (χ2v) is 7.63. The molecule has 2 aliphatic rings. The van der Waals surface area contributed by atoms with Gasteiger partial charge in [0.1, 0.15) is 0 Å². The third-order valence-electron chi connectivity index (χ3n) is 6.09. The van der Waals surface area contributed by atoms with Crippen molar-refractivity contribution >= 4 is 12.0 Å². The SMILES string of the molecule is CCC(CC)C(CNC(=O)NC1CCC(C(=O)O)CC1)N1CCCC1. The molecule has 2 fully saturated rings. The van der Waals surface area contributed by atoms with E-state index >= 15 is 0 Å². The average molecular weight is 354 g/mol. The van der Waals surface area contributed by atoms with Gasteiger partial charge in [-0.1, -0.05) is 26.7 Å². The minimum Gasteiger partial charge on any atom is -0.481 e. The highest BCUT2D eigenvalue weighted by Crippen LogP contribution is 2.25. The number of aliphatic carboxylic acids is 1. The Hall–Kier alpha value is -1.30. The summed E-state index contributed by atoms with van der Waals surface area (Å²) >= 11 is 0. The minimum absolute atomic E-state index is 0.103. The molecular weight excluding hydrogens is 318 g/mol. The molecule has 1 saturated heterocycles. The molecule has 25 heavy (non-hydrogen) atoms. The molecule has 144 valence electrons. The summed E-state index contributed by atoms with van der Waals surface area (Å²) in [5, 5.41) is 15.2. The van der Waals surface area contributed by atoms with Crippen LogP contribution in [0, 0.1) is 11.8 Å². The minimum atomic E-state index is -0.707. The van der Waals surface area contributed by atoms with Crippen molar-refractivity contribution in [2.75, 3.05) is 19.6 Å². The molecule has 1 aliphatic heterocycles. The van der Waals surface area contributed by atoms with Crippen molar-refractivity contribution in [2.45, 2.75) is 77.3 Å². The first-order valence-corrected chi connectivity index (χ1v) is 10.1. The number of carboxylic acids is 1. The van der Waals surface area contributed by atoms with Crippen LogP contribution in [0.2, 0.25) is 0 Å². The Bertz CT molecular complexity index is 424. The van der Waals surface area contributed by atoms with Crippen LogP contribution in [0.4, 0.5) is 4.79 Å². The second-order valence-electron chi connectivity index (χ2n) is 7.63. The van der Waals surface area contributed by atoms with E-state index in [1.54, 1.807) is 0 Å². The van der Waals surface area contributed by atoms with Crippen molar-refractivity contribution in [1.29, 1.82) is 0 Å².